The van der Waals surface area contributed by atoms with Crippen molar-refractivity contribution < 1.29 is 26.3 Å². The van der Waals surface area contributed by atoms with Crippen LogP contribution in [0.25, 0.3) is 52.8 Å². The number of fused-ring (bicyclic) bond motifs is 2. The first-order valence-corrected chi connectivity index (χ1v) is 17.9. The SMILES string of the molecule is N#Cc1cc(-c2ccc(-c3c4c(c(-c5ccc(-c6ccc(SC(F)(F)F)c(C#N)c6)s5)c5nsnc35)N=S=N4)s2)ccc1SC(F)(F)F. The van der Waals surface area contributed by atoms with Gasteiger partial charge in [0.2, 0.25) is 0 Å². The van der Waals surface area contributed by atoms with E-state index in [1.165, 1.54) is 46.9 Å². The van der Waals surface area contributed by atoms with E-state index in [2.05, 4.69) is 17.5 Å². The molecule has 0 amide bonds. The molecule has 1 aliphatic heterocycles. The van der Waals surface area contributed by atoms with E-state index in [0.29, 0.717) is 44.7 Å². The number of nitriles is 2. The van der Waals surface area contributed by atoms with Gasteiger partial charge >= 0.3 is 11.0 Å². The zero-order chi connectivity index (χ0) is 33.8. The van der Waals surface area contributed by atoms with Gasteiger partial charge in [-0.05, 0) is 83.2 Å². The molecule has 0 atom stereocenters. The Morgan fingerprint density at radius 3 is 1.40 bits per heavy atom. The second-order valence-electron chi connectivity index (χ2n) is 9.74. The fraction of sp³-hybridized carbons (Fsp3) is 0.0667. The molecule has 4 heterocycles. The van der Waals surface area contributed by atoms with Crippen molar-refractivity contribution in [2.45, 2.75) is 20.8 Å². The molecule has 18 heteroatoms. The maximum atomic E-state index is 13.0. The van der Waals surface area contributed by atoms with Crippen molar-refractivity contribution in [3.63, 3.8) is 0 Å². The Labute approximate surface area is 290 Å². The third kappa shape index (κ3) is 6.27. The lowest BCUT2D eigenvalue weighted by atomic mass is 10.0. The van der Waals surface area contributed by atoms with Gasteiger partial charge in [0.15, 0.2) is 0 Å². The van der Waals surface area contributed by atoms with Gasteiger partial charge in [-0.2, -0.15) is 54.3 Å². The first-order valence-electron chi connectivity index (χ1n) is 13.1. The van der Waals surface area contributed by atoms with E-state index < -0.39 is 11.0 Å². The maximum Gasteiger partial charge on any atom is 0.446 e. The minimum atomic E-state index is -4.52. The van der Waals surface area contributed by atoms with Crippen molar-refractivity contribution in [2.75, 3.05) is 0 Å². The average Bonchev–Trinajstić information content (AvgIpc) is 3.86. The molecule has 238 valence electrons. The molecule has 0 saturated carbocycles. The summed E-state index contributed by atoms with van der Waals surface area (Å²) in [7, 11) is 0. The number of halogens is 6. The second kappa shape index (κ2) is 12.4. The summed E-state index contributed by atoms with van der Waals surface area (Å²) >= 11 is 4.08. The molecule has 6 nitrogen and oxygen atoms in total. The number of hydrogen-bond donors (Lipinski definition) is 0. The monoisotopic (exact) mass is 760 g/mol. The van der Waals surface area contributed by atoms with E-state index in [1.807, 2.05) is 36.4 Å². The number of thioether (sulfide) groups is 2. The molecule has 0 N–H and O–H groups in total. The third-order valence-corrected chi connectivity index (χ3v) is 11.8. The van der Waals surface area contributed by atoms with Crippen LogP contribution in [0.5, 0.6) is 0 Å². The minimum absolute atomic E-state index is 0.0818. The molecule has 0 fully saturated rings. The summed E-state index contributed by atoms with van der Waals surface area (Å²) in [6.07, 6.45) is 0. The van der Waals surface area contributed by atoms with Crippen LogP contribution in [-0.4, -0.2) is 19.8 Å². The van der Waals surface area contributed by atoms with Crippen LogP contribution < -0.4 is 0 Å². The number of benzene rings is 3. The van der Waals surface area contributed by atoms with Gasteiger partial charge in [-0.25, -0.2) is 0 Å². The summed E-state index contributed by atoms with van der Waals surface area (Å²) < 4.78 is 96.2. The lowest BCUT2D eigenvalue weighted by Crippen LogP contribution is -2.00. The number of alkyl halides is 6. The van der Waals surface area contributed by atoms with Crippen LogP contribution in [0.2, 0.25) is 0 Å². The van der Waals surface area contributed by atoms with E-state index in [9.17, 15) is 36.9 Å². The highest BCUT2D eigenvalue weighted by atomic mass is 32.2. The summed E-state index contributed by atoms with van der Waals surface area (Å²) in [5, 5.41) is 19.0. The summed E-state index contributed by atoms with van der Waals surface area (Å²) in [6, 6.07) is 19.6. The Balaban J connectivity index is 1.27. The Bertz CT molecular complexity index is 2260. The van der Waals surface area contributed by atoms with E-state index >= 15 is 0 Å². The number of nitrogens with zero attached hydrogens (tertiary/aromatic N) is 6. The molecular weight excluding hydrogens is 751 g/mol. The van der Waals surface area contributed by atoms with Crippen LogP contribution in [0, 0.1) is 22.7 Å². The molecule has 0 spiro atoms. The molecule has 0 radical (unpaired) electrons. The molecule has 0 aliphatic carbocycles. The van der Waals surface area contributed by atoms with Crippen molar-refractivity contribution in [3.05, 3.63) is 71.8 Å². The van der Waals surface area contributed by atoms with Crippen LogP contribution in [0.1, 0.15) is 11.1 Å². The predicted molar refractivity (Wildman–Crippen MR) is 180 cm³/mol. The number of rotatable bonds is 6. The van der Waals surface area contributed by atoms with Gasteiger partial charge in [0, 0.05) is 40.4 Å². The fourth-order valence-corrected chi connectivity index (χ4v) is 9.37. The Morgan fingerprint density at radius 2 is 1.00 bits per heavy atom. The Morgan fingerprint density at radius 1 is 0.583 bits per heavy atom. The van der Waals surface area contributed by atoms with Crippen LogP contribution in [0.15, 0.2) is 79.2 Å². The summed E-state index contributed by atoms with van der Waals surface area (Å²) in [5.41, 5.74) is -4.34. The topological polar surface area (TPSA) is 98.1 Å². The molecule has 3 aromatic carbocycles. The second-order valence-corrected chi connectivity index (χ2v) is 15.2. The minimum Gasteiger partial charge on any atom is -0.192 e. The van der Waals surface area contributed by atoms with Crippen molar-refractivity contribution in [1.82, 2.24) is 8.75 Å². The van der Waals surface area contributed by atoms with Crippen molar-refractivity contribution >= 4 is 91.7 Å². The van der Waals surface area contributed by atoms with Crippen LogP contribution in [0.4, 0.5) is 37.7 Å². The normalized spacial score (nSPS) is 12.6. The largest absolute Gasteiger partial charge is 0.446 e. The maximum absolute atomic E-state index is 13.0. The van der Waals surface area contributed by atoms with Crippen molar-refractivity contribution in [3.8, 4) is 53.9 Å². The van der Waals surface area contributed by atoms with Gasteiger partial charge in [0.1, 0.15) is 34.5 Å². The fourth-order valence-electron chi connectivity index (χ4n) is 4.95. The number of hydrogen-bond acceptors (Lipinski definition) is 11. The lowest BCUT2D eigenvalue weighted by Gasteiger charge is -2.10. The summed E-state index contributed by atoms with van der Waals surface area (Å²) in [5.74, 6) is 0. The van der Waals surface area contributed by atoms with E-state index in [4.69, 9.17) is 0 Å². The Hall–Kier alpha value is -4.04. The quantitative estimate of drug-likeness (QED) is 0.124. The van der Waals surface area contributed by atoms with Gasteiger partial charge in [-0.15, -0.1) is 22.7 Å². The zero-order valence-corrected chi connectivity index (χ0v) is 28.1. The van der Waals surface area contributed by atoms with Crippen LogP contribution in [-0.2, 0) is 11.4 Å². The summed E-state index contributed by atoms with van der Waals surface area (Å²) in [6.45, 7) is 0. The van der Waals surface area contributed by atoms with Crippen molar-refractivity contribution in [2.24, 2.45) is 8.73 Å². The molecule has 3 aromatic heterocycles. The van der Waals surface area contributed by atoms with E-state index in [-0.39, 0.29) is 44.4 Å². The average molecular weight is 761 g/mol. The number of thiophene rings is 2. The van der Waals surface area contributed by atoms with Gasteiger partial charge in [0.25, 0.3) is 0 Å². The smallest absolute Gasteiger partial charge is 0.192 e. The lowest BCUT2D eigenvalue weighted by molar-refractivity contribution is -0.0337. The molecule has 0 saturated heterocycles. The van der Waals surface area contributed by atoms with Gasteiger partial charge < -0.3 is 0 Å². The molecule has 0 unspecified atom stereocenters. The van der Waals surface area contributed by atoms with Crippen molar-refractivity contribution in [1.29, 1.82) is 10.5 Å². The molecule has 0 bridgehead atoms. The molecular formula is C30H10F6N6S6. The standard InChI is InChI=1S/C30H10F6N6S6/c31-29(32,33)45-19-3-1-13(9-15(19)11-37)17-5-7-21(43-17)23-25-27(41-47-39-25)24(28-26(23)40-48-42-28)22-8-6-18(44-22)14-2-4-20(16(10-14)12-38)46-30(34,35)36/h1-10H. The van der Waals surface area contributed by atoms with Gasteiger partial charge in [-0.3, -0.25) is 0 Å². The highest BCUT2D eigenvalue weighted by Gasteiger charge is 2.32. The molecule has 6 aromatic rings. The molecule has 7 rings (SSSR count). The molecule has 1 aliphatic rings. The number of aromatic nitrogens is 2. The highest BCUT2D eigenvalue weighted by molar-refractivity contribution is 8.00. The van der Waals surface area contributed by atoms with Crippen LogP contribution in [0.3, 0.4) is 0 Å². The highest BCUT2D eigenvalue weighted by Crippen LogP contribution is 2.55. The van der Waals surface area contributed by atoms with E-state index in [1.54, 1.807) is 12.1 Å². The first-order chi connectivity index (χ1) is 22.9. The molecule has 48 heavy (non-hydrogen) atoms. The summed E-state index contributed by atoms with van der Waals surface area (Å²) in [4.78, 5) is 2.64. The first kappa shape index (κ1) is 32.5. The zero-order valence-electron chi connectivity index (χ0n) is 23.2. The predicted octanol–water partition coefficient (Wildman–Crippen LogP) is 12.2. The third-order valence-electron chi connectivity index (χ3n) is 6.85. The Kier molecular flexibility index (Phi) is 8.43. The van der Waals surface area contributed by atoms with E-state index in [0.717, 1.165) is 42.6 Å². The van der Waals surface area contributed by atoms with Crippen LogP contribution >= 0.6 is 57.9 Å². The van der Waals surface area contributed by atoms with Gasteiger partial charge in [-0.1, -0.05) is 12.1 Å². The van der Waals surface area contributed by atoms with Gasteiger partial charge in [0.05, 0.1) is 34.2 Å².